The molecule has 0 radical (unpaired) electrons. The quantitative estimate of drug-likeness (QED) is 0.787. The lowest BCUT2D eigenvalue weighted by atomic mass is 10.1. The Labute approximate surface area is 149 Å². The third kappa shape index (κ3) is 3.39. The van der Waals surface area contributed by atoms with Crippen LogP contribution in [-0.4, -0.2) is 5.91 Å². The van der Waals surface area contributed by atoms with E-state index in [1.807, 2.05) is 0 Å². The number of carbonyl (C=O) groups is 1. The van der Waals surface area contributed by atoms with Crippen molar-refractivity contribution in [3.8, 4) is 0 Å². The molecule has 0 fully saturated rings. The molecule has 1 heterocycles. The summed E-state index contributed by atoms with van der Waals surface area (Å²) in [6.07, 6.45) is -3.44. The topological polar surface area (TPSA) is 46.3 Å². The average Bonchev–Trinajstić information content (AvgIpc) is 2.99. The smallest absolute Gasteiger partial charge is 0.365 e. The van der Waals surface area contributed by atoms with Crippen molar-refractivity contribution >= 4 is 23.4 Å². The van der Waals surface area contributed by atoms with E-state index in [0.717, 1.165) is 53.2 Å². The first kappa shape index (κ1) is 18.2. The monoisotopic (exact) mass is 386 g/mol. The standard InChI is InChI=1S/C17H11F5N2OS/c18-11-5-2-6-12(19)14(11)24-8-13(15(23)25)26-16(24)9-3-1-4-10(7-9)17(20,21)22/h1-8,16H,(H2,23,25). The van der Waals surface area contributed by atoms with Crippen molar-refractivity contribution in [2.75, 3.05) is 4.90 Å². The maximum atomic E-state index is 14.2. The van der Waals surface area contributed by atoms with Gasteiger partial charge in [0.2, 0.25) is 0 Å². The molecule has 3 nitrogen and oxygen atoms in total. The molecule has 1 amide bonds. The Morgan fingerprint density at radius 3 is 2.27 bits per heavy atom. The van der Waals surface area contributed by atoms with E-state index in [0.29, 0.717) is 0 Å². The van der Waals surface area contributed by atoms with Gasteiger partial charge >= 0.3 is 6.18 Å². The summed E-state index contributed by atoms with van der Waals surface area (Å²) in [6.45, 7) is 0. The predicted molar refractivity (Wildman–Crippen MR) is 87.9 cm³/mol. The van der Waals surface area contributed by atoms with Crippen LogP contribution in [0.4, 0.5) is 27.6 Å². The summed E-state index contributed by atoms with van der Waals surface area (Å²) in [5.41, 5.74) is 3.98. The number of benzene rings is 2. The van der Waals surface area contributed by atoms with Gasteiger partial charge < -0.3 is 10.6 Å². The van der Waals surface area contributed by atoms with Crippen molar-refractivity contribution < 1.29 is 26.7 Å². The van der Waals surface area contributed by atoms with Gasteiger partial charge in [0.1, 0.15) is 22.7 Å². The van der Waals surface area contributed by atoms with E-state index in [9.17, 15) is 26.7 Å². The molecule has 0 saturated carbocycles. The summed E-state index contributed by atoms with van der Waals surface area (Å²) in [4.78, 5) is 12.5. The number of rotatable bonds is 3. The predicted octanol–water partition coefficient (Wildman–Crippen LogP) is 4.56. The Hall–Kier alpha value is -2.55. The molecule has 1 aliphatic heterocycles. The molecule has 9 heteroatoms. The number of nitrogens with zero attached hydrogens (tertiary/aromatic N) is 1. The zero-order valence-electron chi connectivity index (χ0n) is 12.9. The van der Waals surface area contributed by atoms with Crippen LogP contribution in [-0.2, 0) is 11.0 Å². The summed E-state index contributed by atoms with van der Waals surface area (Å²) < 4.78 is 67.3. The summed E-state index contributed by atoms with van der Waals surface area (Å²) in [7, 11) is 0. The van der Waals surface area contributed by atoms with Gasteiger partial charge in [-0.1, -0.05) is 30.0 Å². The second-order valence-corrected chi connectivity index (χ2v) is 6.55. The Balaban J connectivity index is 2.10. The number of alkyl halides is 3. The normalized spacial score (nSPS) is 17.3. The fourth-order valence-electron chi connectivity index (χ4n) is 2.54. The van der Waals surface area contributed by atoms with Crippen LogP contribution in [0.3, 0.4) is 0 Å². The first-order chi connectivity index (χ1) is 12.2. The molecular weight excluding hydrogens is 375 g/mol. The van der Waals surface area contributed by atoms with Gasteiger partial charge in [0, 0.05) is 6.20 Å². The van der Waals surface area contributed by atoms with E-state index >= 15 is 0 Å². The van der Waals surface area contributed by atoms with Gasteiger partial charge in [0.25, 0.3) is 5.91 Å². The van der Waals surface area contributed by atoms with Crippen molar-refractivity contribution in [1.82, 2.24) is 0 Å². The lowest BCUT2D eigenvalue weighted by molar-refractivity contribution is -0.137. The first-order valence-electron chi connectivity index (χ1n) is 7.26. The van der Waals surface area contributed by atoms with E-state index in [4.69, 9.17) is 5.73 Å². The van der Waals surface area contributed by atoms with Crippen molar-refractivity contribution in [1.29, 1.82) is 0 Å². The molecule has 1 aliphatic rings. The Kier molecular flexibility index (Phi) is 4.66. The molecule has 1 unspecified atom stereocenters. The molecule has 2 aromatic carbocycles. The van der Waals surface area contributed by atoms with Crippen molar-refractivity contribution in [3.63, 3.8) is 0 Å². The SMILES string of the molecule is NC(=O)C1=CN(c2c(F)cccc2F)C(c2cccc(C(F)(F)F)c2)S1. The number of hydrogen-bond acceptors (Lipinski definition) is 3. The number of primary amides is 1. The zero-order valence-corrected chi connectivity index (χ0v) is 13.7. The maximum absolute atomic E-state index is 14.2. The summed E-state index contributed by atoms with van der Waals surface area (Å²) in [5, 5.41) is -0.980. The fourth-order valence-corrected chi connectivity index (χ4v) is 3.63. The van der Waals surface area contributed by atoms with Crippen molar-refractivity contribution in [3.05, 3.63) is 76.3 Å². The third-order valence-electron chi connectivity index (χ3n) is 3.69. The van der Waals surface area contributed by atoms with Crippen molar-refractivity contribution in [2.24, 2.45) is 5.73 Å². The van der Waals surface area contributed by atoms with Crippen LogP contribution in [0.1, 0.15) is 16.5 Å². The minimum absolute atomic E-state index is 0.0185. The van der Waals surface area contributed by atoms with Crippen molar-refractivity contribution in [2.45, 2.75) is 11.6 Å². The number of thioether (sulfide) groups is 1. The highest BCUT2D eigenvalue weighted by molar-refractivity contribution is 8.04. The largest absolute Gasteiger partial charge is 0.416 e. The summed E-state index contributed by atoms with van der Waals surface area (Å²) >= 11 is 0.823. The number of hydrogen-bond donors (Lipinski definition) is 1. The first-order valence-corrected chi connectivity index (χ1v) is 8.14. The van der Waals surface area contributed by atoms with E-state index < -0.39 is 40.3 Å². The van der Waals surface area contributed by atoms with Gasteiger partial charge in [-0.2, -0.15) is 13.2 Å². The van der Waals surface area contributed by atoms with Gasteiger partial charge in [-0.05, 0) is 29.8 Å². The molecule has 0 spiro atoms. The van der Waals surface area contributed by atoms with Gasteiger partial charge in [-0.3, -0.25) is 4.79 Å². The second-order valence-electron chi connectivity index (χ2n) is 5.43. The Morgan fingerprint density at radius 1 is 1.08 bits per heavy atom. The van der Waals surface area contributed by atoms with Crippen LogP contribution < -0.4 is 10.6 Å². The maximum Gasteiger partial charge on any atom is 0.416 e. The Morgan fingerprint density at radius 2 is 1.69 bits per heavy atom. The van der Waals surface area contributed by atoms with Gasteiger partial charge in [0.05, 0.1) is 10.5 Å². The highest BCUT2D eigenvalue weighted by atomic mass is 32.2. The van der Waals surface area contributed by atoms with Crippen LogP contribution in [0, 0.1) is 11.6 Å². The third-order valence-corrected chi connectivity index (χ3v) is 4.97. The molecule has 2 aromatic rings. The van der Waals surface area contributed by atoms with E-state index in [-0.39, 0.29) is 10.5 Å². The molecule has 3 rings (SSSR count). The molecule has 0 bridgehead atoms. The number of halogens is 5. The van der Waals surface area contributed by atoms with Gasteiger partial charge in [-0.25, -0.2) is 8.78 Å². The highest BCUT2D eigenvalue weighted by Crippen LogP contribution is 2.48. The van der Waals surface area contributed by atoms with Gasteiger partial charge in [-0.15, -0.1) is 0 Å². The number of para-hydroxylation sites is 1. The fraction of sp³-hybridized carbons (Fsp3) is 0.118. The van der Waals surface area contributed by atoms with Crippen LogP contribution in [0.25, 0.3) is 0 Å². The number of carbonyl (C=O) groups excluding carboxylic acids is 1. The number of nitrogens with two attached hydrogens (primary N) is 1. The van der Waals surface area contributed by atoms with Crippen LogP contribution in [0.5, 0.6) is 0 Å². The second kappa shape index (κ2) is 6.64. The minimum atomic E-state index is -4.58. The highest BCUT2D eigenvalue weighted by Gasteiger charge is 2.36. The molecule has 0 saturated heterocycles. The summed E-state index contributed by atoms with van der Waals surface area (Å²) in [5.74, 6) is -2.67. The molecule has 26 heavy (non-hydrogen) atoms. The van der Waals surface area contributed by atoms with E-state index in [1.54, 1.807) is 0 Å². The minimum Gasteiger partial charge on any atom is -0.365 e. The lowest BCUT2D eigenvalue weighted by Gasteiger charge is -2.26. The molecule has 0 aliphatic carbocycles. The lowest BCUT2D eigenvalue weighted by Crippen LogP contribution is -2.20. The molecule has 2 N–H and O–H groups in total. The number of amides is 1. The molecule has 136 valence electrons. The van der Waals surface area contributed by atoms with Crippen LogP contribution in [0.15, 0.2) is 53.6 Å². The molecular formula is C17H11F5N2OS. The Bertz CT molecular complexity index is 877. The van der Waals surface area contributed by atoms with E-state index in [2.05, 4.69) is 0 Å². The molecule has 1 atom stereocenters. The average molecular weight is 386 g/mol. The van der Waals surface area contributed by atoms with E-state index in [1.165, 1.54) is 12.1 Å². The van der Waals surface area contributed by atoms with Crippen LogP contribution >= 0.6 is 11.8 Å². The van der Waals surface area contributed by atoms with Gasteiger partial charge in [0.15, 0.2) is 0 Å². The van der Waals surface area contributed by atoms with Crippen LogP contribution in [0.2, 0.25) is 0 Å². The molecule has 0 aromatic heterocycles. The zero-order chi connectivity index (χ0) is 19.1. The summed E-state index contributed by atoms with van der Waals surface area (Å²) in [6, 6.07) is 7.54. The number of anilines is 1.